The first-order valence-electron chi connectivity index (χ1n) is 1.59. The highest BCUT2D eigenvalue weighted by Crippen LogP contribution is 1.77. The van der Waals surface area contributed by atoms with E-state index in [2.05, 4.69) is 0 Å². The molecule has 0 saturated heterocycles. The first-order chi connectivity index (χ1) is 2.27. The molecule has 0 aliphatic heterocycles. The monoisotopic (exact) mass is 72.1 g/mol. The molecule has 1 radical (unpaired) electrons. The molecular weight excluding hydrogens is 64.0 g/mol. The van der Waals surface area contributed by atoms with Crippen LogP contribution in [0.25, 0.3) is 0 Å². The highest BCUT2D eigenvalue weighted by atomic mass is 16.3. The van der Waals surface area contributed by atoms with Crippen LogP contribution in [0.1, 0.15) is 13.8 Å². The summed E-state index contributed by atoms with van der Waals surface area (Å²) in [5, 5.41) is 8.22. The highest BCUT2D eigenvalue weighted by molar-refractivity contribution is 4.79. The molecule has 0 saturated carbocycles. The standard InChI is InChI=1S/C4H8O/c1-3-4(2)5/h3,5H,1-2H3/q+1/b4-3+. The van der Waals surface area contributed by atoms with Gasteiger partial charge in [0.05, 0.1) is 6.92 Å². The van der Waals surface area contributed by atoms with Crippen molar-refractivity contribution in [3.63, 3.8) is 0 Å². The van der Waals surface area contributed by atoms with E-state index in [1.807, 2.05) is 0 Å². The summed E-state index contributed by atoms with van der Waals surface area (Å²) in [7, 11) is 0. The zero-order chi connectivity index (χ0) is 4.28. The number of hydrogen-bond acceptors (Lipinski definition) is 1. The van der Waals surface area contributed by atoms with Crippen LogP contribution in [0.5, 0.6) is 0 Å². The molecule has 5 heavy (non-hydrogen) atoms. The van der Waals surface area contributed by atoms with Crippen molar-refractivity contribution in [2.45, 2.75) is 13.8 Å². The van der Waals surface area contributed by atoms with E-state index in [0.29, 0.717) is 5.76 Å². The van der Waals surface area contributed by atoms with Gasteiger partial charge in [0.2, 0.25) is 0 Å². The maximum atomic E-state index is 8.22. The molecule has 0 bridgehead atoms. The quantitative estimate of drug-likeness (QED) is 0.313. The minimum Gasteiger partial charge on any atom is -0.280 e. The van der Waals surface area contributed by atoms with E-state index >= 15 is 0 Å². The minimum atomic E-state index is 0.380. The van der Waals surface area contributed by atoms with Crippen molar-refractivity contribution < 1.29 is 5.11 Å². The van der Waals surface area contributed by atoms with E-state index in [1.165, 1.54) is 0 Å². The fourth-order valence-electron chi connectivity index (χ4n) is 0. The normalized spacial score (nSPS) is 12.0. The van der Waals surface area contributed by atoms with E-state index in [0.717, 1.165) is 0 Å². The average molecular weight is 72.1 g/mol. The molecule has 0 aliphatic rings. The van der Waals surface area contributed by atoms with Gasteiger partial charge in [0, 0.05) is 6.08 Å². The third kappa shape index (κ3) is 3.54. The van der Waals surface area contributed by atoms with Crippen molar-refractivity contribution >= 4 is 0 Å². The van der Waals surface area contributed by atoms with Gasteiger partial charge in [0.25, 0.3) is 0 Å². The average Bonchev–Trinajstić information content (AvgIpc) is 1.38. The molecule has 0 aromatic rings. The lowest BCUT2D eigenvalue weighted by molar-refractivity contribution is 0.413. The summed E-state index contributed by atoms with van der Waals surface area (Å²) in [5.74, 6) is 0.380. The molecule has 0 spiro atoms. The van der Waals surface area contributed by atoms with Gasteiger partial charge in [-0.3, -0.25) is 5.11 Å². The van der Waals surface area contributed by atoms with E-state index in [9.17, 15) is 0 Å². The molecule has 0 unspecified atom stereocenters. The third-order valence-corrected chi connectivity index (χ3v) is 0.418. The molecule has 0 aromatic heterocycles. The van der Waals surface area contributed by atoms with Gasteiger partial charge >= 0.3 is 5.76 Å². The number of rotatable bonds is 0. The van der Waals surface area contributed by atoms with Crippen molar-refractivity contribution in [3.05, 3.63) is 11.8 Å². The number of allylic oxidation sites excluding steroid dienone is 2. The molecule has 0 rings (SSSR count). The summed E-state index contributed by atoms with van der Waals surface area (Å²) in [6.45, 7) is 3.43. The number of aliphatic hydroxyl groups excluding tert-OH is 1. The summed E-state index contributed by atoms with van der Waals surface area (Å²) in [6, 6.07) is 0. The predicted octanol–water partition coefficient (Wildman–Crippen LogP) is 1.47. The fourth-order valence-corrected chi connectivity index (χ4v) is 0. The van der Waals surface area contributed by atoms with Crippen LogP contribution in [0.15, 0.2) is 11.8 Å². The van der Waals surface area contributed by atoms with E-state index < -0.39 is 0 Å². The lowest BCUT2D eigenvalue weighted by atomic mass is 10.5. The Balaban J connectivity index is 3.14. The number of hydrogen-bond donors (Lipinski definition) is 0. The molecule has 0 fully saturated rings. The van der Waals surface area contributed by atoms with Gasteiger partial charge in [-0.05, 0) is 6.92 Å². The minimum absolute atomic E-state index is 0.380. The van der Waals surface area contributed by atoms with Gasteiger partial charge in [-0.15, -0.1) is 0 Å². The van der Waals surface area contributed by atoms with Crippen LogP contribution in [0.4, 0.5) is 0 Å². The zero-order valence-electron chi connectivity index (χ0n) is 3.52. The Morgan fingerprint density at radius 2 is 2.00 bits per heavy atom. The molecule has 0 aliphatic carbocycles. The Kier molecular flexibility index (Phi) is 1.65. The molecule has 29 valence electrons. The van der Waals surface area contributed by atoms with Gasteiger partial charge in [0.1, 0.15) is 0 Å². The summed E-state index contributed by atoms with van der Waals surface area (Å²) in [6.07, 6.45) is 1.64. The van der Waals surface area contributed by atoms with Crippen LogP contribution in [0.3, 0.4) is 0 Å². The van der Waals surface area contributed by atoms with Crippen molar-refractivity contribution in [1.29, 1.82) is 0 Å². The second-order valence-corrected chi connectivity index (χ2v) is 0.930. The Morgan fingerprint density at radius 1 is 1.80 bits per heavy atom. The molecule has 0 heterocycles. The van der Waals surface area contributed by atoms with Crippen LogP contribution >= 0.6 is 0 Å². The lowest BCUT2D eigenvalue weighted by Gasteiger charge is -1.59. The van der Waals surface area contributed by atoms with Crippen molar-refractivity contribution in [2.24, 2.45) is 0 Å². The Bertz CT molecular complexity index is 41.6. The summed E-state index contributed by atoms with van der Waals surface area (Å²) in [4.78, 5) is 0. The maximum Gasteiger partial charge on any atom is 0.309 e. The molecule has 0 aromatic carbocycles. The predicted molar refractivity (Wildman–Crippen MR) is 22.1 cm³/mol. The third-order valence-electron chi connectivity index (χ3n) is 0.418. The Hall–Kier alpha value is -0.460. The van der Waals surface area contributed by atoms with Crippen LogP contribution in [0, 0.1) is 0 Å². The molecule has 1 heteroatoms. The molecular formula is C4H8O+. The zero-order valence-corrected chi connectivity index (χ0v) is 3.52. The second-order valence-electron chi connectivity index (χ2n) is 0.930. The summed E-state index contributed by atoms with van der Waals surface area (Å²) in [5.41, 5.74) is 0. The van der Waals surface area contributed by atoms with Gasteiger partial charge in [-0.25, -0.2) is 0 Å². The maximum absolute atomic E-state index is 8.22. The van der Waals surface area contributed by atoms with Crippen LogP contribution in [-0.4, -0.2) is 5.11 Å². The SMILES string of the molecule is C/C=C(\C)[OH+]. The van der Waals surface area contributed by atoms with Crippen LogP contribution < -0.4 is 0 Å². The summed E-state index contributed by atoms with van der Waals surface area (Å²) >= 11 is 0. The van der Waals surface area contributed by atoms with E-state index in [4.69, 9.17) is 5.11 Å². The topological polar surface area (TPSA) is 21.4 Å². The van der Waals surface area contributed by atoms with Gasteiger partial charge in [-0.1, -0.05) is 0 Å². The van der Waals surface area contributed by atoms with Gasteiger partial charge in [-0.2, -0.15) is 0 Å². The van der Waals surface area contributed by atoms with Gasteiger partial charge in [0.15, 0.2) is 0 Å². The van der Waals surface area contributed by atoms with Crippen molar-refractivity contribution in [2.75, 3.05) is 0 Å². The molecule has 1 nitrogen and oxygen atoms in total. The van der Waals surface area contributed by atoms with Crippen LogP contribution in [0.2, 0.25) is 0 Å². The first-order valence-corrected chi connectivity index (χ1v) is 1.59. The fraction of sp³-hybridized carbons (Fsp3) is 0.500. The van der Waals surface area contributed by atoms with E-state index in [1.54, 1.807) is 19.9 Å². The van der Waals surface area contributed by atoms with Crippen molar-refractivity contribution in [3.8, 4) is 0 Å². The Labute approximate surface area is 31.9 Å². The second kappa shape index (κ2) is 1.82. The Morgan fingerprint density at radius 3 is 2.00 bits per heavy atom. The summed E-state index contributed by atoms with van der Waals surface area (Å²) < 4.78 is 0. The number of aliphatic hydroxyl groups is 1. The van der Waals surface area contributed by atoms with Crippen molar-refractivity contribution in [1.82, 2.24) is 0 Å². The lowest BCUT2D eigenvalue weighted by Crippen LogP contribution is -1.60. The molecule has 0 amide bonds. The molecule has 1 N–H and O–H groups in total. The van der Waals surface area contributed by atoms with E-state index in [-0.39, 0.29) is 0 Å². The highest BCUT2D eigenvalue weighted by Gasteiger charge is 1.78. The largest absolute Gasteiger partial charge is 0.309 e. The molecule has 0 atom stereocenters. The first kappa shape index (κ1) is 4.54. The van der Waals surface area contributed by atoms with Crippen LogP contribution in [-0.2, 0) is 0 Å². The van der Waals surface area contributed by atoms with Gasteiger partial charge < -0.3 is 0 Å². The smallest absolute Gasteiger partial charge is 0.280 e.